The highest BCUT2D eigenvalue weighted by Crippen LogP contribution is 2.33. The summed E-state index contributed by atoms with van der Waals surface area (Å²) in [6.45, 7) is 17.4. The van der Waals surface area contributed by atoms with Gasteiger partial charge in [-0.3, -0.25) is 62.5 Å². The fourth-order valence-corrected chi connectivity index (χ4v) is 12.1. The number of hydrogen-bond donors (Lipinski definition) is 5. The molecule has 0 aromatic heterocycles. The molecule has 4 unspecified atom stereocenters. The second-order valence-corrected chi connectivity index (χ2v) is 25.7. The van der Waals surface area contributed by atoms with Gasteiger partial charge in [-0.1, -0.05) is 123 Å². The van der Waals surface area contributed by atoms with Crippen molar-refractivity contribution in [2.75, 3.05) is 40.9 Å². The average Bonchev–Trinajstić information content (AvgIpc) is 1.64. The molecule has 0 bridgehead atoms. The quantitative estimate of drug-likeness (QED) is 0.0376. The Kier molecular flexibility index (Phi) is 31.0. The zero-order valence-electron chi connectivity index (χ0n) is 56.1. The van der Waals surface area contributed by atoms with Crippen molar-refractivity contribution in [2.24, 2.45) is 41.4 Å². The van der Waals surface area contributed by atoms with Gasteiger partial charge < -0.3 is 45.4 Å². The van der Waals surface area contributed by atoms with Crippen molar-refractivity contribution in [3.8, 4) is 0 Å². The van der Waals surface area contributed by atoms with Gasteiger partial charge in [0.15, 0.2) is 11.6 Å². The maximum Gasteiger partial charge on any atom is 0.410 e. The molecule has 2 heterocycles. The van der Waals surface area contributed by atoms with Gasteiger partial charge in [-0.05, 0) is 80.4 Å². The number of nitrogens with zero attached hydrogens (tertiary/aromatic N) is 4. The van der Waals surface area contributed by atoms with Gasteiger partial charge in [-0.2, -0.15) is 0 Å². The SMILES string of the molecule is CCC(C)[C@@H]([C@@H](CC(=O)N1CCC[C@H]1[C@H](CO)[C@H](C)C(=O)C[C@@H](Cc1ccccc1)C(=O)O)OC)N(C)C(=O)[C@@H](NC(=O)[C@H](C(C)C)N(C)C(=O)OCc1ccc(CC(=O)C(C)NC(=O)C(C)CC(=O)C(C)NC(=O)CCCCCN2C(=O)C=CC2=O)cc1)C(C)C. The number of carboxylic acid groups (broad SMARTS) is 1. The van der Waals surface area contributed by atoms with Crippen LogP contribution in [0.15, 0.2) is 66.7 Å². The van der Waals surface area contributed by atoms with Crippen LogP contribution in [0.5, 0.6) is 0 Å². The number of carbonyl (C=O) groups is 12. The lowest BCUT2D eigenvalue weighted by Gasteiger charge is -2.41. The molecule has 4 rings (SSSR count). The summed E-state index contributed by atoms with van der Waals surface area (Å²) in [5.41, 5.74) is 2.00. The van der Waals surface area contributed by atoms with Crippen LogP contribution in [0.1, 0.15) is 150 Å². The molecule has 23 heteroatoms. The van der Waals surface area contributed by atoms with Crippen LogP contribution in [0.3, 0.4) is 0 Å². The minimum absolute atomic E-state index is 0.0356. The van der Waals surface area contributed by atoms with Crippen LogP contribution >= 0.6 is 0 Å². The van der Waals surface area contributed by atoms with E-state index in [1.54, 1.807) is 84.7 Å². The average molecular weight is 1280 g/mol. The number of carboxylic acids is 1. The van der Waals surface area contributed by atoms with E-state index in [1.807, 2.05) is 44.2 Å². The van der Waals surface area contributed by atoms with Crippen molar-refractivity contribution >= 4 is 70.8 Å². The molecular weight excluding hydrogens is 1180 g/mol. The minimum atomic E-state index is -1.09. The van der Waals surface area contributed by atoms with E-state index in [0.29, 0.717) is 56.2 Å². The Labute approximate surface area is 542 Å². The van der Waals surface area contributed by atoms with E-state index in [2.05, 4.69) is 16.0 Å². The number of aliphatic hydroxyl groups is 1. The maximum absolute atomic E-state index is 14.8. The van der Waals surface area contributed by atoms with Gasteiger partial charge in [0.25, 0.3) is 11.8 Å². The first-order valence-corrected chi connectivity index (χ1v) is 32.4. The summed E-state index contributed by atoms with van der Waals surface area (Å²) in [7, 11) is 4.52. The predicted octanol–water partition coefficient (Wildman–Crippen LogP) is 6.04. The lowest BCUT2D eigenvalue weighted by molar-refractivity contribution is -0.147. The van der Waals surface area contributed by atoms with Gasteiger partial charge in [-0.25, -0.2) is 4.79 Å². The van der Waals surface area contributed by atoms with Crippen molar-refractivity contribution in [1.29, 1.82) is 0 Å². The molecule has 1 fully saturated rings. The molecule has 1 saturated heterocycles. The molecule has 2 aliphatic rings. The van der Waals surface area contributed by atoms with Crippen molar-refractivity contribution in [2.45, 2.75) is 195 Å². The third-order valence-corrected chi connectivity index (χ3v) is 18.1. The highest BCUT2D eigenvalue weighted by Gasteiger charge is 2.44. The van der Waals surface area contributed by atoms with Gasteiger partial charge in [-0.15, -0.1) is 0 Å². The molecule has 0 aliphatic carbocycles. The van der Waals surface area contributed by atoms with Crippen molar-refractivity contribution in [1.82, 2.24) is 35.6 Å². The van der Waals surface area contributed by atoms with E-state index in [1.165, 1.54) is 43.0 Å². The lowest BCUT2D eigenvalue weighted by Crippen LogP contribution is -2.60. The van der Waals surface area contributed by atoms with Crippen LogP contribution in [0.4, 0.5) is 4.79 Å². The number of rotatable bonds is 39. The zero-order valence-corrected chi connectivity index (χ0v) is 56.1. The first-order valence-electron chi connectivity index (χ1n) is 32.4. The number of methoxy groups -OCH3 is 1. The summed E-state index contributed by atoms with van der Waals surface area (Å²) in [4.78, 5) is 164. The van der Waals surface area contributed by atoms with Gasteiger partial charge in [0.05, 0.1) is 36.6 Å². The normalized spacial score (nSPS) is 17.5. The number of Topliss-reactive ketones (excluding diaryl/α,β-unsaturated/α-hetero) is 3. The summed E-state index contributed by atoms with van der Waals surface area (Å²) < 4.78 is 11.7. The second kappa shape index (κ2) is 37.1. The van der Waals surface area contributed by atoms with E-state index in [-0.39, 0.29) is 98.6 Å². The number of aliphatic hydroxyl groups excluding tert-OH is 1. The largest absolute Gasteiger partial charge is 0.481 e. The van der Waals surface area contributed by atoms with Gasteiger partial charge in [0.2, 0.25) is 29.5 Å². The van der Waals surface area contributed by atoms with Crippen molar-refractivity contribution in [3.63, 3.8) is 0 Å². The third-order valence-electron chi connectivity index (χ3n) is 18.1. The summed E-state index contributed by atoms with van der Waals surface area (Å²) >= 11 is 0. The predicted molar refractivity (Wildman–Crippen MR) is 344 cm³/mol. The molecule has 5 N–H and O–H groups in total. The Morgan fingerprint density at radius 2 is 1.32 bits per heavy atom. The summed E-state index contributed by atoms with van der Waals surface area (Å²) in [6, 6.07) is 10.8. The Bertz CT molecular complexity index is 2880. The molecule has 2 aromatic carbocycles. The number of ether oxygens (including phenoxy) is 2. The van der Waals surface area contributed by atoms with Gasteiger partial charge >= 0.3 is 12.1 Å². The second-order valence-electron chi connectivity index (χ2n) is 25.7. The Hall–Kier alpha value is -7.66. The van der Waals surface area contributed by atoms with E-state index in [0.717, 1.165) is 10.5 Å². The van der Waals surface area contributed by atoms with E-state index < -0.39 is 114 Å². The highest BCUT2D eigenvalue weighted by molar-refractivity contribution is 6.12. The number of hydrogen-bond acceptors (Lipinski definition) is 15. The molecule has 23 nitrogen and oxygen atoms in total. The molecule has 2 aliphatic heterocycles. The molecule has 508 valence electrons. The fourth-order valence-electron chi connectivity index (χ4n) is 12.1. The molecule has 0 radical (unpaired) electrons. The number of ketones is 3. The molecule has 0 spiro atoms. The molecule has 92 heavy (non-hydrogen) atoms. The number of nitrogens with one attached hydrogen (secondary N) is 3. The van der Waals surface area contributed by atoms with Crippen LogP contribution in [-0.4, -0.2) is 184 Å². The van der Waals surface area contributed by atoms with E-state index >= 15 is 0 Å². The monoisotopic (exact) mass is 1280 g/mol. The summed E-state index contributed by atoms with van der Waals surface area (Å²) in [5.74, 6) is -9.14. The molecule has 0 saturated carbocycles. The fraction of sp³-hybridized carbons (Fsp3) is 0.623. The topological polar surface area (TPSA) is 313 Å². The summed E-state index contributed by atoms with van der Waals surface area (Å²) in [6.07, 6.45) is 3.95. The molecule has 2 aromatic rings. The first-order chi connectivity index (χ1) is 43.4. The zero-order chi connectivity index (χ0) is 68.7. The minimum Gasteiger partial charge on any atom is -0.481 e. The molecular formula is C69H101N7O16. The molecule has 8 amide bonds. The first kappa shape index (κ1) is 76.8. The van der Waals surface area contributed by atoms with E-state index in [9.17, 15) is 67.7 Å². The Morgan fingerprint density at radius 3 is 1.89 bits per heavy atom. The number of amides is 8. The molecule has 12 atom stereocenters. The Balaban J connectivity index is 1.29. The summed E-state index contributed by atoms with van der Waals surface area (Å²) in [5, 5.41) is 29.1. The van der Waals surface area contributed by atoms with Crippen LogP contribution < -0.4 is 16.0 Å². The number of benzene rings is 2. The number of unbranched alkanes of at least 4 members (excludes halogenated alkanes) is 2. The maximum atomic E-state index is 14.8. The van der Waals surface area contributed by atoms with Crippen molar-refractivity contribution in [3.05, 3.63) is 83.4 Å². The number of aliphatic carboxylic acids is 1. The standard InChI is InChI=1S/C69H101N7O16/c1-14-43(6)64(57(91-13)38-61(84)75-33-21-24-53(75)52(39-77)45(8)54(78)37-51(68(88)89)35-48-22-17-15-18-23-48)73(11)67(87)62(41(2)3)72-66(86)63(42(4)5)74(12)69(90)92-40-50-28-26-49(27-29-50)36-56(80)47(10)71-65(85)44(7)34-55(79)46(9)70-58(81)25-19-16-20-32-76-59(82)30-31-60(76)83/h15,17-18,22-23,26-31,41-47,51-53,57,62-64,77H,14,16,19-21,24-25,32-40H2,1-13H3,(H,70,81)(H,71,85)(H,72,86)(H,88,89)/t43?,44?,45-,46?,47?,51+,52+,53-,57+,62-,63-,64-/m0/s1. The highest BCUT2D eigenvalue weighted by atomic mass is 16.6. The van der Waals surface area contributed by atoms with Crippen LogP contribution in [0.2, 0.25) is 0 Å². The number of carbonyl (C=O) groups excluding carboxylic acids is 11. The van der Waals surface area contributed by atoms with Crippen molar-refractivity contribution < 1.29 is 77.2 Å². The van der Waals surface area contributed by atoms with E-state index in [4.69, 9.17) is 9.47 Å². The third kappa shape index (κ3) is 22.3. The number of likely N-dealkylation sites (tertiary alicyclic amines) is 1. The smallest absolute Gasteiger partial charge is 0.410 e. The van der Waals surface area contributed by atoms with Crippen LogP contribution in [0, 0.1) is 41.4 Å². The lowest BCUT2D eigenvalue weighted by atomic mass is 9.80. The number of likely N-dealkylation sites (N-methyl/N-ethyl adjacent to an activating group) is 2. The Morgan fingerprint density at radius 1 is 0.696 bits per heavy atom. The van der Waals surface area contributed by atoms with Gasteiger partial charge in [0.1, 0.15) is 24.5 Å². The van der Waals surface area contributed by atoms with Gasteiger partial charge in [0, 0.05) is 103 Å². The number of imide groups is 1. The van der Waals surface area contributed by atoms with Crippen LogP contribution in [-0.2, 0) is 81.7 Å². The van der Waals surface area contributed by atoms with Crippen LogP contribution in [0.25, 0.3) is 0 Å².